The highest BCUT2D eigenvalue weighted by Crippen LogP contribution is 2.25. The maximum Gasteiger partial charge on any atom is 0.132 e. The van der Waals surface area contributed by atoms with Crippen LogP contribution in [0.15, 0.2) is 30.3 Å². The van der Waals surface area contributed by atoms with E-state index >= 15 is 0 Å². The van der Waals surface area contributed by atoms with Gasteiger partial charge in [-0.3, -0.25) is 4.98 Å². The molecule has 19 heavy (non-hydrogen) atoms. The maximum absolute atomic E-state index is 13.8. The van der Waals surface area contributed by atoms with Crippen LogP contribution in [0.1, 0.15) is 29.9 Å². The van der Waals surface area contributed by atoms with Gasteiger partial charge in [-0.2, -0.15) is 0 Å². The summed E-state index contributed by atoms with van der Waals surface area (Å²) in [6, 6.07) is 7.83. The molecule has 1 aromatic carbocycles. The summed E-state index contributed by atoms with van der Waals surface area (Å²) in [5.74, 6) is -0.487. The zero-order valence-corrected chi connectivity index (χ0v) is 11.2. The number of nitrogens with zero attached hydrogens (tertiary/aromatic N) is 1. The van der Waals surface area contributed by atoms with Crippen molar-refractivity contribution in [3.8, 4) is 5.75 Å². The molecule has 3 nitrogen and oxygen atoms in total. The van der Waals surface area contributed by atoms with Crippen LogP contribution >= 0.6 is 0 Å². The van der Waals surface area contributed by atoms with Crippen LogP contribution in [-0.4, -0.2) is 10.1 Å². The molecule has 0 spiro atoms. The van der Waals surface area contributed by atoms with Crippen LogP contribution in [0.3, 0.4) is 0 Å². The number of nitrogens with one attached hydrogen (secondary N) is 1. The Hall–Kier alpha value is -2.10. The summed E-state index contributed by atoms with van der Waals surface area (Å²) in [5.41, 5.74) is 3.22. The van der Waals surface area contributed by atoms with Gasteiger partial charge in [-0.25, -0.2) is 4.39 Å². The van der Waals surface area contributed by atoms with Gasteiger partial charge in [0.05, 0.1) is 17.4 Å². The average Bonchev–Trinajstić information content (AvgIpc) is 2.32. The van der Waals surface area contributed by atoms with Gasteiger partial charge >= 0.3 is 0 Å². The van der Waals surface area contributed by atoms with Gasteiger partial charge in [0.2, 0.25) is 0 Å². The van der Waals surface area contributed by atoms with Gasteiger partial charge in [0.15, 0.2) is 0 Å². The zero-order valence-electron chi connectivity index (χ0n) is 11.2. The summed E-state index contributed by atoms with van der Waals surface area (Å²) in [6.45, 7) is 5.71. The largest absolute Gasteiger partial charge is 0.508 e. The van der Waals surface area contributed by atoms with Gasteiger partial charge in [0.1, 0.15) is 11.6 Å². The van der Waals surface area contributed by atoms with Crippen LogP contribution < -0.4 is 5.32 Å². The normalized spacial score (nSPS) is 12.2. The first-order chi connectivity index (χ1) is 8.97. The van der Waals surface area contributed by atoms with E-state index in [4.69, 9.17) is 0 Å². The Balaban J connectivity index is 2.23. The summed E-state index contributed by atoms with van der Waals surface area (Å²) in [5, 5.41) is 12.4. The lowest BCUT2D eigenvalue weighted by atomic mass is 10.1. The number of anilines is 1. The van der Waals surface area contributed by atoms with E-state index in [0.29, 0.717) is 5.56 Å². The fourth-order valence-corrected chi connectivity index (χ4v) is 2.02. The molecule has 2 aromatic rings. The highest BCUT2D eigenvalue weighted by Gasteiger charge is 2.12. The Kier molecular flexibility index (Phi) is 3.69. The number of halogens is 1. The molecule has 1 heterocycles. The van der Waals surface area contributed by atoms with Crippen LogP contribution in [0.2, 0.25) is 0 Å². The van der Waals surface area contributed by atoms with E-state index in [-0.39, 0.29) is 11.8 Å². The summed E-state index contributed by atoms with van der Waals surface area (Å²) in [4.78, 5) is 4.36. The third-order valence-corrected chi connectivity index (χ3v) is 3.05. The van der Waals surface area contributed by atoms with Crippen LogP contribution in [-0.2, 0) is 0 Å². The molecular formula is C15H17FN2O. The number of aromatic nitrogens is 1. The predicted octanol–water partition coefficient (Wildman–Crippen LogP) is 3.72. The van der Waals surface area contributed by atoms with Crippen molar-refractivity contribution in [1.82, 2.24) is 4.98 Å². The second kappa shape index (κ2) is 5.26. The molecule has 0 saturated carbocycles. The number of phenolic OH excluding ortho intramolecular Hbond substituents is 1. The molecule has 1 unspecified atom stereocenters. The Morgan fingerprint density at radius 3 is 2.58 bits per heavy atom. The molecule has 0 aliphatic rings. The molecular weight excluding hydrogens is 243 g/mol. The number of benzene rings is 1. The van der Waals surface area contributed by atoms with Crippen molar-refractivity contribution in [3.05, 3.63) is 53.1 Å². The van der Waals surface area contributed by atoms with Crippen LogP contribution in [0.5, 0.6) is 5.75 Å². The van der Waals surface area contributed by atoms with Crippen LogP contribution in [0, 0.1) is 19.7 Å². The molecule has 0 fully saturated rings. The topological polar surface area (TPSA) is 45.1 Å². The first kappa shape index (κ1) is 13.3. The van der Waals surface area contributed by atoms with Crippen LogP contribution in [0.25, 0.3) is 0 Å². The molecule has 1 atom stereocenters. The number of phenols is 1. The molecule has 4 heteroatoms. The smallest absolute Gasteiger partial charge is 0.132 e. The van der Waals surface area contributed by atoms with E-state index in [0.717, 1.165) is 23.1 Å². The van der Waals surface area contributed by atoms with Gasteiger partial charge < -0.3 is 10.4 Å². The number of aromatic hydroxyl groups is 1. The quantitative estimate of drug-likeness (QED) is 0.884. The lowest BCUT2D eigenvalue weighted by molar-refractivity contribution is 0.467. The fraction of sp³-hybridized carbons (Fsp3) is 0.267. The fourth-order valence-electron chi connectivity index (χ4n) is 2.02. The van der Waals surface area contributed by atoms with Crippen molar-refractivity contribution in [2.24, 2.45) is 0 Å². The van der Waals surface area contributed by atoms with Crippen molar-refractivity contribution in [1.29, 1.82) is 0 Å². The van der Waals surface area contributed by atoms with Crippen molar-refractivity contribution in [2.75, 3.05) is 5.32 Å². The van der Waals surface area contributed by atoms with E-state index in [9.17, 15) is 9.50 Å². The van der Waals surface area contributed by atoms with E-state index in [1.165, 1.54) is 6.07 Å². The Morgan fingerprint density at radius 2 is 1.95 bits per heavy atom. The van der Waals surface area contributed by atoms with E-state index < -0.39 is 5.82 Å². The lowest BCUT2D eigenvalue weighted by Crippen LogP contribution is -2.10. The zero-order chi connectivity index (χ0) is 14.0. The number of hydrogen-bond acceptors (Lipinski definition) is 3. The molecule has 0 aliphatic carbocycles. The van der Waals surface area contributed by atoms with Gasteiger partial charge in [-0.05, 0) is 39.0 Å². The Labute approximate surface area is 112 Å². The van der Waals surface area contributed by atoms with E-state index in [2.05, 4.69) is 10.3 Å². The molecule has 2 N–H and O–H groups in total. The highest BCUT2D eigenvalue weighted by atomic mass is 19.1. The number of hydrogen-bond donors (Lipinski definition) is 2. The first-order valence-electron chi connectivity index (χ1n) is 6.16. The first-order valence-corrected chi connectivity index (χ1v) is 6.16. The molecule has 2 rings (SSSR count). The Bertz CT molecular complexity index is 599. The minimum Gasteiger partial charge on any atom is -0.508 e. The van der Waals surface area contributed by atoms with Gasteiger partial charge in [-0.15, -0.1) is 0 Å². The lowest BCUT2D eigenvalue weighted by Gasteiger charge is -2.18. The minimum atomic E-state index is -0.419. The minimum absolute atomic E-state index is 0.0679. The third kappa shape index (κ3) is 3.02. The number of pyridine rings is 1. The molecule has 0 bridgehead atoms. The highest BCUT2D eigenvalue weighted by molar-refractivity contribution is 5.49. The molecule has 0 radical (unpaired) electrons. The van der Waals surface area contributed by atoms with E-state index in [1.807, 2.05) is 32.9 Å². The van der Waals surface area contributed by atoms with Gasteiger partial charge in [-0.1, -0.05) is 6.07 Å². The standard InChI is InChI=1S/C15H17FN2O/c1-9-4-7-15(11(3)17-9)18-10(2)13-6-5-12(19)8-14(13)16/h4-8,10,18-19H,1-3H3. The molecule has 1 aromatic heterocycles. The molecule has 100 valence electrons. The number of rotatable bonds is 3. The van der Waals surface area contributed by atoms with Crippen LogP contribution in [0.4, 0.5) is 10.1 Å². The average molecular weight is 260 g/mol. The second-order valence-electron chi connectivity index (χ2n) is 4.66. The summed E-state index contributed by atoms with van der Waals surface area (Å²) >= 11 is 0. The molecule has 0 saturated heterocycles. The second-order valence-corrected chi connectivity index (χ2v) is 4.66. The maximum atomic E-state index is 13.8. The van der Waals surface area contributed by atoms with Gasteiger partial charge in [0.25, 0.3) is 0 Å². The Morgan fingerprint density at radius 1 is 1.21 bits per heavy atom. The van der Waals surface area contributed by atoms with Crippen molar-refractivity contribution in [2.45, 2.75) is 26.8 Å². The monoisotopic (exact) mass is 260 g/mol. The summed E-state index contributed by atoms with van der Waals surface area (Å²) < 4.78 is 13.8. The summed E-state index contributed by atoms with van der Waals surface area (Å²) in [6.07, 6.45) is 0. The third-order valence-electron chi connectivity index (χ3n) is 3.05. The SMILES string of the molecule is Cc1ccc(NC(C)c2ccc(O)cc2F)c(C)n1. The van der Waals surface area contributed by atoms with Gasteiger partial charge in [0, 0.05) is 17.3 Å². The molecule has 0 aliphatic heterocycles. The molecule has 0 amide bonds. The van der Waals surface area contributed by atoms with E-state index in [1.54, 1.807) is 6.07 Å². The van der Waals surface area contributed by atoms with Crippen molar-refractivity contribution >= 4 is 5.69 Å². The number of aryl methyl sites for hydroxylation is 2. The summed E-state index contributed by atoms with van der Waals surface area (Å²) in [7, 11) is 0. The predicted molar refractivity (Wildman–Crippen MR) is 73.8 cm³/mol. The van der Waals surface area contributed by atoms with Crippen molar-refractivity contribution in [3.63, 3.8) is 0 Å². The van der Waals surface area contributed by atoms with Crippen molar-refractivity contribution < 1.29 is 9.50 Å².